The molecule has 1 N–H and O–H groups in total. The lowest BCUT2D eigenvalue weighted by molar-refractivity contribution is -0.115. The fourth-order valence-electron chi connectivity index (χ4n) is 7.20. The van der Waals surface area contributed by atoms with Crippen LogP contribution in [0, 0.1) is 17.8 Å². The summed E-state index contributed by atoms with van der Waals surface area (Å²) in [6.45, 7) is 2.22. The maximum absolute atomic E-state index is 12.9. The van der Waals surface area contributed by atoms with Gasteiger partial charge in [0.25, 0.3) is 0 Å². The highest BCUT2D eigenvalue weighted by Crippen LogP contribution is 2.57. The summed E-state index contributed by atoms with van der Waals surface area (Å²) in [4.78, 5) is 19.6. The molecule has 0 aliphatic heterocycles. The van der Waals surface area contributed by atoms with E-state index in [4.69, 9.17) is 4.99 Å². The Morgan fingerprint density at radius 2 is 1.74 bits per heavy atom. The van der Waals surface area contributed by atoms with E-state index >= 15 is 0 Å². The van der Waals surface area contributed by atoms with Crippen LogP contribution in [0.5, 0.6) is 0 Å². The first-order valence-electron chi connectivity index (χ1n) is 13.2. The number of amides is 1. The van der Waals surface area contributed by atoms with Crippen LogP contribution in [0.3, 0.4) is 0 Å². The van der Waals surface area contributed by atoms with Gasteiger partial charge in [0.2, 0.25) is 5.91 Å². The van der Waals surface area contributed by atoms with Crippen molar-refractivity contribution in [3.8, 4) is 0 Å². The van der Waals surface area contributed by atoms with Gasteiger partial charge in [-0.25, -0.2) is 0 Å². The summed E-state index contributed by atoms with van der Waals surface area (Å²) in [5.41, 5.74) is 3.57. The molecule has 7 rings (SSSR count). The van der Waals surface area contributed by atoms with Crippen molar-refractivity contribution in [2.75, 3.05) is 5.32 Å². The van der Waals surface area contributed by atoms with Crippen molar-refractivity contribution in [3.05, 3.63) is 45.7 Å². The monoisotopic (exact) mass is 499 g/mol. The number of nitrogens with zero attached hydrogens (tertiary/aromatic N) is 2. The average molecular weight is 500 g/mol. The molecule has 5 fully saturated rings. The fraction of sp³-hybridized carbons (Fsp3) is 0.643. The number of carbonyl (C=O) groups is 1. The van der Waals surface area contributed by atoms with Crippen LogP contribution in [0.4, 0.5) is 5.69 Å². The minimum atomic E-state index is 0. The maximum atomic E-state index is 12.9. The summed E-state index contributed by atoms with van der Waals surface area (Å²) < 4.78 is 2.43. The van der Waals surface area contributed by atoms with Gasteiger partial charge >= 0.3 is 0 Å². The number of carbonyl (C=O) groups excluding carboxylic acids is 1. The minimum absolute atomic E-state index is 0. The standard InChI is InChI=1S/C28H37N3OS.ClH/c1-2-3-4-19-5-7-23(8-6-19)29-26(32)14-25-18-33-27(31(25)24-9-10-24)30-28-15-20-11-21(16-28)13-22(12-20)17-28;/h5-8,18,20-22,24H,2-4,9-17H2,1H3,(H,29,32);1H. The fourth-order valence-corrected chi connectivity index (χ4v) is 8.26. The second-order valence-electron chi connectivity index (χ2n) is 11.4. The second-order valence-corrected chi connectivity index (χ2v) is 12.2. The maximum Gasteiger partial charge on any atom is 0.230 e. The molecule has 4 nitrogen and oxygen atoms in total. The van der Waals surface area contributed by atoms with E-state index in [2.05, 4.69) is 34.3 Å². The summed E-state index contributed by atoms with van der Waals surface area (Å²) in [6, 6.07) is 8.91. The molecule has 6 heteroatoms. The van der Waals surface area contributed by atoms with Gasteiger partial charge in [0.15, 0.2) is 4.80 Å². The zero-order chi connectivity index (χ0) is 22.4. The minimum Gasteiger partial charge on any atom is -0.326 e. The van der Waals surface area contributed by atoms with Gasteiger partial charge in [0.05, 0.1) is 12.0 Å². The molecule has 1 aromatic carbocycles. The van der Waals surface area contributed by atoms with Crippen LogP contribution in [-0.4, -0.2) is 16.0 Å². The predicted octanol–water partition coefficient (Wildman–Crippen LogP) is 6.70. The number of unbranched alkanes of at least 4 members (excludes halogenated alkanes) is 1. The van der Waals surface area contributed by atoms with Gasteiger partial charge in [-0.1, -0.05) is 25.5 Å². The van der Waals surface area contributed by atoms with Gasteiger partial charge in [-0.2, -0.15) is 0 Å². The number of halogens is 1. The Balaban J connectivity index is 0.00000241. The van der Waals surface area contributed by atoms with Crippen molar-refractivity contribution in [1.29, 1.82) is 0 Å². The molecule has 5 aliphatic carbocycles. The summed E-state index contributed by atoms with van der Waals surface area (Å²) >= 11 is 1.77. The lowest BCUT2D eigenvalue weighted by atomic mass is 9.53. The highest BCUT2D eigenvalue weighted by molar-refractivity contribution is 7.07. The third-order valence-electron chi connectivity index (χ3n) is 8.47. The molecule has 0 spiro atoms. The van der Waals surface area contributed by atoms with E-state index in [1.54, 1.807) is 11.3 Å². The van der Waals surface area contributed by atoms with E-state index in [9.17, 15) is 4.79 Å². The highest BCUT2D eigenvalue weighted by atomic mass is 35.5. The lowest BCUT2D eigenvalue weighted by Gasteiger charge is -2.54. The van der Waals surface area contributed by atoms with Crippen LogP contribution in [0.25, 0.3) is 0 Å². The molecule has 2 aromatic rings. The number of hydrogen-bond acceptors (Lipinski definition) is 3. The largest absolute Gasteiger partial charge is 0.326 e. The average Bonchev–Trinajstić information content (AvgIpc) is 3.54. The van der Waals surface area contributed by atoms with Crippen LogP contribution in [0.1, 0.15) is 88.4 Å². The van der Waals surface area contributed by atoms with Gasteiger partial charge in [-0.05, 0) is 99.7 Å². The van der Waals surface area contributed by atoms with Crippen molar-refractivity contribution < 1.29 is 4.79 Å². The van der Waals surface area contributed by atoms with Gasteiger partial charge in [-0.3, -0.25) is 9.79 Å². The van der Waals surface area contributed by atoms with Crippen LogP contribution in [0.15, 0.2) is 34.6 Å². The Hall–Kier alpha value is -1.59. The Kier molecular flexibility index (Phi) is 6.96. The van der Waals surface area contributed by atoms with Gasteiger partial charge < -0.3 is 9.88 Å². The second kappa shape index (κ2) is 9.81. The third kappa shape index (κ3) is 5.02. The van der Waals surface area contributed by atoms with E-state index < -0.39 is 0 Å². The number of thiazole rings is 1. The first kappa shape index (κ1) is 24.1. The Morgan fingerprint density at radius 3 is 2.32 bits per heavy atom. The Labute approximate surface area is 213 Å². The van der Waals surface area contributed by atoms with E-state index in [0.29, 0.717) is 12.5 Å². The quantitative estimate of drug-likeness (QED) is 0.431. The Morgan fingerprint density at radius 1 is 1.09 bits per heavy atom. The van der Waals surface area contributed by atoms with Crippen molar-refractivity contribution in [3.63, 3.8) is 0 Å². The molecule has 0 radical (unpaired) electrons. The number of hydrogen-bond donors (Lipinski definition) is 1. The molecular weight excluding hydrogens is 462 g/mol. The molecule has 0 saturated heterocycles. The van der Waals surface area contributed by atoms with Crippen LogP contribution in [0.2, 0.25) is 0 Å². The van der Waals surface area contributed by atoms with E-state index in [-0.39, 0.29) is 23.9 Å². The number of aromatic nitrogens is 1. The van der Waals surface area contributed by atoms with E-state index in [0.717, 1.165) is 35.6 Å². The number of aryl methyl sites for hydroxylation is 1. The van der Waals surface area contributed by atoms with Crippen LogP contribution >= 0.6 is 23.7 Å². The Bertz CT molecular complexity index is 1050. The SMILES string of the molecule is CCCCc1ccc(NC(=O)Cc2csc(=NC34CC5CC(CC(C5)C3)C4)n2C2CC2)cc1.Cl. The van der Waals surface area contributed by atoms with Gasteiger partial charge in [0.1, 0.15) is 0 Å². The lowest BCUT2D eigenvalue weighted by Crippen LogP contribution is -2.50. The zero-order valence-electron chi connectivity index (χ0n) is 20.3. The molecule has 1 aromatic heterocycles. The normalized spacial score (nSPS) is 29.8. The summed E-state index contributed by atoms with van der Waals surface area (Å²) in [5.74, 6) is 2.80. The van der Waals surface area contributed by atoms with Crippen molar-refractivity contribution in [1.82, 2.24) is 4.57 Å². The molecular formula is C28H38ClN3OS. The number of benzene rings is 1. The van der Waals surface area contributed by atoms with Gasteiger partial charge in [-0.15, -0.1) is 23.7 Å². The highest BCUT2D eigenvalue weighted by Gasteiger charge is 2.51. The topological polar surface area (TPSA) is 46.4 Å². The number of rotatable bonds is 8. The smallest absolute Gasteiger partial charge is 0.230 e. The van der Waals surface area contributed by atoms with Crippen LogP contribution < -0.4 is 10.1 Å². The predicted molar refractivity (Wildman–Crippen MR) is 142 cm³/mol. The molecule has 0 unspecified atom stereocenters. The van der Waals surface area contributed by atoms with Crippen LogP contribution in [-0.2, 0) is 17.6 Å². The third-order valence-corrected chi connectivity index (χ3v) is 9.35. The van der Waals surface area contributed by atoms with E-state index in [1.807, 2.05) is 12.1 Å². The van der Waals surface area contributed by atoms with Crippen molar-refractivity contribution in [2.45, 2.75) is 95.6 Å². The van der Waals surface area contributed by atoms with Crippen molar-refractivity contribution >= 4 is 35.3 Å². The summed E-state index contributed by atoms with van der Waals surface area (Å²) in [7, 11) is 0. The van der Waals surface area contributed by atoms with Crippen molar-refractivity contribution in [2.24, 2.45) is 22.7 Å². The molecule has 0 atom stereocenters. The van der Waals surface area contributed by atoms with Gasteiger partial charge in [0, 0.05) is 22.8 Å². The molecule has 34 heavy (non-hydrogen) atoms. The number of nitrogens with one attached hydrogen (secondary N) is 1. The molecule has 184 valence electrons. The molecule has 4 bridgehead atoms. The summed E-state index contributed by atoms with van der Waals surface area (Å²) in [6.07, 6.45) is 14.6. The number of anilines is 1. The molecule has 1 amide bonds. The molecule has 5 aliphatic rings. The first-order chi connectivity index (χ1) is 16.1. The first-order valence-corrected chi connectivity index (χ1v) is 14.1. The zero-order valence-corrected chi connectivity index (χ0v) is 21.9. The molecule has 5 saturated carbocycles. The molecule has 1 heterocycles. The van der Waals surface area contributed by atoms with E-state index in [1.165, 1.54) is 74.6 Å². The summed E-state index contributed by atoms with van der Waals surface area (Å²) in [5, 5.41) is 5.32.